The van der Waals surface area contributed by atoms with Gasteiger partial charge in [-0.05, 0) is 52.1 Å². The fourth-order valence-corrected chi connectivity index (χ4v) is 1.67. The SMILES string of the molecule is CC(O)C(=O)NC(CCCCN)C(=O)O.NCCCCC(N)C(=O)O. The van der Waals surface area contributed by atoms with Crippen LogP contribution in [0, 0.1) is 0 Å². The number of nitrogens with one attached hydrogen (secondary N) is 1. The number of hydrogen-bond acceptors (Lipinski definition) is 7. The van der Waals surface area contributed by atoms with Gasteiger partial charge in [-0.2, -0.15) is 0 Å². The lowest BCUT2D eigenvalue weighted by atomic mass is 10.1. The number of amides is 1. The molecule has 25 heavy (non-hydrogen) atoms. The van der Waals surface area contributed by atoms with Gasteiger partial charge in [-0.1, -0.05) is 6.42 Å². The van der Waals surface area contributed by atoms with Crippen molar-refractivity contribution in [2.24, 2.45) is 17.2 Å². The van der Waals surface area contributed by atoms with Gasteiger partial charge in [0.05, 0.1) is 0 Å². The third-order valence-corrected chi connectivity index (χ3v) is 3.23. The molecule has 10 N–H and O–H groups in total. The van der Waals surface area contributed by atoms with Crippen molar-refractivity contribution in [2.75, 3.05) is 13.1 Å². The lowest BCUT2D eigenvalue weighted by Crippen LogP contribution is -2.44. The summed E-state index contributed by atoms with van der Waals surface area (Å²) in [5.74, 6) is -2.70. The van der Waals surface area contributed by atoms with Gasteiger partial charge in [0.25, 0.3) is 0 Å². The van der Waals surface area contributed by atoms with E-state index in [1.54, 1.807) is 0 Å². The molecular formula is C15H32N4O6. The Morgan fingerprint density at radius 2 is 1.40 bits per heavy atom. The van der Waals surface area contributed by atoms with E-state index >= 15 is 0 Å². The molecule has 0 bridgehead atoms. The van der Waals surface area contributed by atoms with Gasteiger partial charge in [-0.3, -0.25) is 9.59 Å². The average molecular weight is 364 g/mol. The molecule has 1 amide bonds. The normalized spacial score (nSPS) is 13.8. The van der Waals surface area contributed by atoms with Gasteiger partial charge in [-0.15, -0.1) is 0 Å². The maximum absolute atomic E-state index is 11.0. The molecule has 3 atom stereocenters. The number of aliphatic carboxylic acids is 2. The molecule has 0 spiro atoms. The highest BCUT2D eigenvalue weighted by atomic mass is 16.4. The summed E-state index contributed by atoms with van der Waals surface area (Å²) >= 11 is 0. The van der Waals surface area contributed by atoms with Crippen LogP contribution in [0.5, 0.6) is 0 Å². The molecule has 0 aromatic heterocycles. The van der Waals surface area contributed by atoms with Crippen molar-refractivity contribution in [2.45, 2.75) is 63.6 Å². The Bertz CT molecular complexity index is 392. The largest absolute Gasteiger partial charge is 0.480 e. The van der Waals surface area contributed by atoms with Crippen LogP contribution < -0.4 is 22.5 Å². The van der Waals surface area contributed by atoms with E-state index in [1.807, 2.05) is 0 Å². The van der Waals surface area contributed by atoms with Crippen LogP contribution in [0.4, 0.5) is 0 Å². The van der Waals surface area contributed by atoms with E-state index in [2.05, 4.69) is 5.32 Å². The second kappa shape index (κ2) is 15.8. The number of carbonyl (C=O) groups excluding carboxylic acids is 1. The molecule has 0 radical (unpaired) electrons. The topological polar surface area (TPSA) is 202 Å². The van der Waals surface area contributed by atoms with Gasteiger partial charge in [0, 0.05) is 0 Å². The van der Waals surface area contributed by atoms with E-state index in [0.717, 1.165) is 12.8 Å². The Kier molecular flexibility index (Phi) is 16.1. The molecule has 0 heterocycles. The van der Waals surface area contributed by atoms with E-state index in [1.165, 1.54) is 6.92 Å². The molecule has 0 saturated carbocycles. The molecule has 0 saturated heterocycles. The van der Waals surface area contributed by atoms with Crippen LogP contribution in [-0.4, -0.2) is 64.4 Å². The molecule has 0 rings (SSSR count). The Labute approximate surface area is 147 Å². The monoisotopic (exact) mass is 364 g/mol. The summed E-state index contributed by atoms with van der Waals surface area (Å²) in [6.45, 7) is 2.39. The second-order valence-electron chi connectivity index (χ2n) is 5.59. The van der Waals surface area contributed by atoms with Gasteiger partial charge < -0.3 is 37.8 Å². The van der Waals surface area contributed by atoms with Crippen molar-refractivity contribution in [3.05, 3.63) is 0 Å². The number of aliphatic hydroxyl groups excluding tert-OH is 1. The molecule has 0 aromatic rings. The molecule has 0 aliphatic rings. The summed E-state index contributed by atoms with van der Waals surface area (Å²) in [4.78, 5) is 31.9. The average Bonchev–Trinajstić information content (AvgIpc) is 2.54. The standard InChI is InChI=1S/C9H18N2O4.C6H14N2O2/c1-6(12)8(13)11-7(9(14)15)4-2-3-5-10;7-4-2-1-3-5(8)6(9)10/h6-7,12H,2-5,10H2,1H3,(H,11,13)(H,14,15);5H,1-4,7-8H2,(H,9,10). The van der Waals surface area contributed by atoms with Crippen LogP contribution in [-0.2, 0) is 14.4 Å². The van der Waals surface area contributed by atoms with Crippen molar-refractivity contribution >= 4 is 17.8 Å². The van der Waals surface area contributed by atoms with Crippen LogP contribution >= 0.6 is 0 Å². The van der Waals surface area contributed by atoms with E-state index < -0.39 is 36.0 Å². The van der Waals surface area contributed by atoms with Crippen molar-refractivity contribution in [3.8, 4) is 0 Å². The van der Waals surface area contributed by atoms with Crippen LogP contribution in [0.15, 0.2) is 0 Å². The first kappa shape index (κ1) is 25.5. The quantitative estimate of drug-likeness (QED) is 0.203. The minimum absolute atomic E-state index is 0.324. The lowest BCUT2D eigenvalue weighted by molar-refractivity contribution is -0.143. The fraction of sp³-hybridized carbons (Fsp3) is 0.800. The Morgan fingerprint density at radius 1 is 0.920 bits per heavy atom. The maximum Gasteiger partial charge on any atom is 0.326 e. The highest BCUT2D eigenvalue weighted by Gasteiger charge is 2.21. The number of nitrogens with two attached hydrogens (primary N) is 3. The zero-order valence-electron chi connectivity index (χ0n) is 14.7. The van der Waals surface area contributed by atoms with E-state index in [-0.39, 0.29) is 0 Å². The van der Waals surface area contributed by atoms with Gasteiger partial charge in [0.1, 0.15) is 18.2 Å². The Morgan fingerprint density at radius 3 is 1.76 bits per heavy atom. The van der Waals surface area contributed by atoms with Gasteiger partial charge in [0.15, 0.2) is 0 Å². The first-order chi connectivity index (χ1) is 11.7. The summed E-state index contributed by atoms with van der Waals surface area (Å²) in [6.07, 6.45) is 2.64. The van der Waals surface area contributed by atoms with Gasteiger partial charge >= 0.3 is 11.9 Å². The molecule has 0 aromatic carbocycles. The molecular weight excluding hydrogens is 332 g/mol. The third-order valence-electron chi connectivity index (χ3n) is 3.23. The molecule has 0 fully saturated rings. The molecule has 3 unspecified atom stereocenters. The summed E-state index contributed by atoms with van der Waals surface area (Å²) in [5.41, 5.74) is 15.7. The first-order valence-electron chi connectivity index (χ1n) is 8.27. The summed E-state index contributed by atoms with van der Waals surface area (Å²) in [7, 11) is 0. The molecule has 0 aliphatic heterocycles. The zero-order chi connectivity index (χ0) is 19.8. The summed E-state index contributed by atoms with van der Waals surface area (Å²) in [5, 5.41) is 28.2. The number of carbonyl (C=O) groups is 3. The number of carboxylic acids is 2. The van der Waals surface area contributed by atoms with E-state index in [4.69, 9.17) is 32.5 Å². The smallest absolute Gasteiger partial charge is 0.326 e. The highest BCUT2D eigenvalue weighted by Crippen LogP contribution is 2.01. The lowest BCUT2D eigenvalue weighted by Gasteiger charge is -2.15. The van der Waals surface area contributed by atoms with Crippen molar-refractivity contribution in [1.29, 1.82) is 0 Å². The second-order valence-corrected chi connectivity index (χ2v) is 5.59. The first-order valence-corrected chi connectivity index (χ1v) is 8.27. The zero-order valence-corrected chi connectivity index (χ0v) is 14.7. The van der Waals surface area contributed by atoms with Crippen molar-refractivity contribution < 1.29 is 29.7 Å². The number of hydrogen-bond donors (Lipinski definition) is 7. The third kappa shape index (κ3) is 15.5. The predicted molar refractivity (Wildman–Crippen MR) is 92.7 cm³/mol. The number of aliphatic hydroxyl groups is 1. The number of carboxylic acid groups (broad SMARTS) is 2. The van der Waals surface area contributed by atoms with Gasteiger partial charge in [-0.25, -0.2) is 4.79 Å². The van der Waals surface area contributed by atoms with Crippen LogP contribution in [0.25, 0.3) is 0 Å². The highest BCUT2D eigenvalue weighted by molar-refractivity contribution is 5.85. The van der Waals surface area contributed by atoms with Crippen LogP contribution in [0.2, 0.25) is 0 Å². The number of rotatable bonds is 12. The fourth-order valence-electron chi connectivity index (χ4n) is 1.67. The predicted octanol–water partition coefficient (Wildman–Crippen LogP) is -1.41. The van der Waals surface area contributed by atoms with E-state index in [0.29, 0.717) is 38.8 Å². The molecule has 148 valence electrons. The Hall–Kier alpha value is -1.75. The summed E-state index contributed by atoms with van der Waals surface area (Å²) < 4.78 is 0. The maximum atomic E-state index is 11.0. The molecule has 10 heteroatoms. The van der Waals surface area contributed by atoms with Crippen molar-refractivity contribution in [3.63, 3.8) is 0 Å². The van der Waals surface area contributed by atoms with E-state index in [9.17, 15) is 14.4 Å². The van der Waals surface area contributed by atoms with Crippen molar-refractivity contribution in [1.82, 2.24) is 5.32 Å². The molecule has 0 aliphatic carbocycles. The number of unbranched alkanes of at least 4 members (excludes halogenated alkanes) is 2. The minimum Gasteiger partial charge on any atom is -0.480 e. The van der Waals surface area contributed by atoms with Gasteiger partial charge in [0.2, 0.25) is 5.91 Å². The summed E-state index contributed by atoms with van der Waals surface area (Å²) in [6, 6.07) is -1.66. The Balaban J connectivity index is 0. The molecule has 10 nitrogen and oxygen atoms in total. The minimum atomic E-state index is -1.19. The van der Waals surface area contributed by atoms with Crippen LogP contribution in [0.3, 0.4) is 0 Å². The van der Waals surface area contributed by atoms with Crippen LogP contribution in [0.1, 0.15) is 45.4 Å².